The van der Waals surface area contributed by atoms with Crippen LogP contribution in [0, 0.1) is 0 Å². The monoisotopic (exact) mass is 806 g/mol. The van der Waals surface area contributed by atoms with Crippen LogP contribution < -0.4 is 4.90 Å². The summed E-state index contributed by atoms with van der Waals surface area (Å²) in [6, 6.07) is 75.2. The van der Waals surface area contributed by atoms with Crippen LogP contribution in [-0.4, -0.2) is 4.57 Å². The molecule has 0 amide bonds. The number of halogens is 3. The second kappa shape index (κ2) is 15.0. The van der Waals surface area contributed by atoms with Crippen molar-refractivity contribution in [2.24, 2.45) is 0 Å². The van der Waals surface area contributed by atoms with E-state index in [9.17, 15) is 13.2 Å². The van der Waals surface area contributed by atoms with E-state index in [0.717, 1.165) is 61.6 Å². The third kappa shape index (κ3) is 6.38. The molecule has 1 aromatic heterocycles. The van der Waals surface area contributed by atoms with Gasteiger partial charge in [-0.1, -0.05) is 152 Å². The van der Waals surface area contributed by atoms with E-state index >= 15 is 0 Å². The summed E-state index contributed by atoms with van der Waals surface area (Å²) in [4.78, 5) is 1.85. The number of hydrogen-bond donors (Lipinski definition) is 0. The lowest BCUT2D eigenvalue weighted by Gasteiger charge is -2.26. The fraction of sp³-hybridized carbons (Fsp3) is 0.0175. The average molecular weight is 807 g/mol. The van der Waals surface area contributed by atoms with Gasteiger partial charge in [-0.3, -0.25) is 0 Å². The highest BCUT2D eigenvalue weighted by Gasteiger charge is 2.31. The molecule has 0 radical (unpaired) electrons. The van der Waals surface area contributed by atoms with Crippen LogP contribution >= 0.6 is 0 Å². The molecule has 62 heavy (non-hydrogen) atoms. The highest BCUT2D eigenvalue weighted by atomic mass is 19.4. The van der Waals surface area contributed by atoms with E-state index in [0.29, 0.717) is 5.69 Å². The van der Waals surface area contributed by atoms with Gasteiger partial charge in [-0.2, -0.15) is 13.2 Å². The molecular weight excluding hydrogens is 770 g/mol. The van der Waals surface area contributed by atoms with Crippen LogP contribution in [0.2, 0.25) is 0 Å². The molecule has 2 nitrogen and oxygen atoms in total. The van der Waals surface area contributed by atoms with Crippen LogP contribution in [-0.2, 0) is 6.18 Å². The van der Waals surface area contributed by atoms with Crippen molar-refractivity contribution in [1.29, 1.82) is 0 Å². The Morgan fingerprint density at radius 2 is 0.790 bits per heavy atom. The van der Waals surface area contributed by atoms with Gasteiger partial charge >= 0.3 is 6.18 Å². The Morgan fingerprint density at radius 3 is 1.40 bits per heavy atom. The summed E-state index contributed by atoms with van der Waals surface area (Å²) in [6.45, 7) is 0. The standard InChI is InChI=1S/C57H37F3N2/c58-57(59,60)42-16-13-19-46(37-42)61(43-17-5-2-6-18-43)44-31-26-38(27-32-44)41-30-35-54-52(36-41)47-20-11-12-25-53(47)62(54)45-33-28-40(29-34-45)56-50-23-9-7-21-48(50)55(39-14-3-1-4-15-39)49-22-8-10-24-51(49)56/h1-37H. The van der Waals surface area contributed by atoms with Crippen LogP contribution in [0.15, 0.2) is 224 Å². The SMILES string of the molecule is FC(F)(F)c1cccc(N(c2ccccc2)c2ccc(-c3ccc4c(c3)c3ccccc3n4-c3ccc(-c4c5ccccc5c(-c5ccccc5)c5ccccc45)cc3)cc2)c1. The maximum Gasteiger partial charge on any atom is 0.416 e. The minimum Gasteiger partial charge on any atom is -0.310 e. The predicted octanol–water partition coefficient (Wildman–Crippen LogP) is 16.6. The van der Waals surface area contributed by atoms with E-state index in [-0.39, 0.29) is 0 Å². The van der Waals surface area contributed by atoms with Crippen LogP contribution in [0.3, 0.4) is 0 Å². The van der Waals surface area contributed by atoms with Gasteiger partial charge in [0.25, 0.3) is 0 Å². The molecule has 1 heterocycles. The number of fused-ring (bicyclic) bond motifs is 5. The summed E-state index contributed by atoms with van der Waals surface area (Å²) in [6.07, 6.45) is -4.45. The molecule has 0 bridgehead atoms. The fourth-order valence-corrected chi connectivity index (χ4v) is 9.21. The van der Waals surface area contributed by atoms with Gasteiger partial charge in [0.1, 0.15) is 0 Å². The van der Waals surface area contributed by atoms with Crippen molar-refractivity contribution < 1.29 is 13.2 Å². The molecule has 0 atom stereocenters. The van der Waals surface area contributed by atoms with Gasteiger partial charge < -0.3 is 9.47 Å². The first-order chi connectivity index (χ1) is 30.4. The van der Waals surface area contributed by atoms with Crippen LogP contribution in [0.4, 0.5) is 30.2 Å². The maximum atomic E-state index is 13.8. The zero-order chi connectivity index (χ0) is 41.8. The molecule has 11 rings (SSSR count). The highest BCUT2D eigenvalue weighted by Crippen LogP contribution is 2.45. The summed E-state index contributed by atoms with van der Waals surface area (Å²) < 4.78 is 43.7. The number of para-hydroxylation sites is 2. The van der Waals surface area contributed by atoms with Crippen molar-refractivity contribution in [3.8, 4) is 39.1 Å². The quantitative estimate of drug-likeness (QED) is 0.146. The van der Waals surface area contributed by atoms with Crippen molar-refractivity contribution in [2.75, 3.05) is 4.90 Å². The largest absolute Gasteiger partial charge is 0.416 e. The van der Waals surface area contributed by atoms with Gasteiger partial charge in [-0.25, -0.2) is 0 Å². The van der Waals surface area contributed by atoms with Crippen LogP contribution in [0.25, 0.3) is 82.4 Å². The molecule has 0 saturated heterocycles. The van der Waals surface area contributed by atoms with Gasteiger partial charge in [-0.05, 0) is 128 Å². The molecule has 0 aliphatic heterocycles. The summed E-state index contributed by atoms with van der Waals surface area (Å²) >= 11 is 0. The lowest BCUT2D eigenvalue weighted by molar-refractivity contribution is -0.137. The molecule has 5 heteroatoms. The Labute approximate surface area is 357 Å². The summed E-state index contributed by atoms with van der Waals surface area (Å²) in [5.74, 6) is 0. The van der Waals surface area contributed by atoms with Gasteiger partial charge in [-0.15, -0.1) is 0 Å². The second-order valence-electron chi connectivity index (χ2n) is 15.6. The Hall–Kier alpha value is -7.89. The van der Waals surface area contributed by atoms with Crippen molar-refractivity contribution in [3.05, 3.63) is 230 Å². The number of rotatable bonds is 7. The summed E-state index contributed by atoms with van der Waals surface area (Å²) in [7, 11) is 0. The Kier molecular flexibility index (Phi) is 8.97. The topological polar surface area (TPSA) is 8.17 Å². The van der Waals surface area contributed by atoms with Gasteiger partial charge in [0.15, 0.2) is 0 Å². The summed E-state index contributed by atoms with van der Waals surface area (Å²) in [5.41, 5.74) is 11.5. The second-order valence-corrected chi connectivity index (χ2v) is 15.6. The van der Waals surface area contributed by atoms with Gasteiger partial charge in [0.2, 0.25) is 0 Å². The maximum absolute atomic E-state index is 13.8. The highest BCUT2D eigenvalue weighted by molar-refractivity contribution is 6.21. The molecule has 0 N–H and O–H groups in total. The molecule has 0 aliphatic carbocycles. The van der Waals surface area contributed by atoms with E-state index in [1.165, 1.54) is 50.4 Å². The van der Waals surface area contributed by atoms with Gasteiger partial charge in [0.05, 0.1) is 16.6 Å². The number of aromatic nitrogens is 1. The van der Waals surface area contributed by atoms with Crippen molar-refractivity contribution in [3.63, 3.8) is 0 Å². The van der Waals surface area contributed by atoms with E-state index in [4.69, 9.17) is 0 Å². The molecule has 0 unspecified atom stereocenters. The average Bonchev–Trinajstić information content (AvgIpc) is 3.65. The number of hydrogen-bond acceptors (Lipinski definition) is 1. The molecule has 10 aromatic carbocycles. The van der Waals surface area contributed by atoms with E-state index in [2.05, 4.69) is 150 Å². The Morgan fingerprint density at radius 1 is 0.323 bits per heavy atom. The van der Waals surface area contributed by atoms with Crippen LogP contribution in [0.1, 0.15) is 5.56 Å². The molecule has 0 fully saturated rings. The zero-order valence-corrected chi connectivity index (χ0v) is 33.4. The molecule has 296 valence electrons. The number of alkyl halides is 3. The van der Waals surface area contributed by atoms with E-state index in [1.54, 1.807) is 6.07 Å². The third-order valence-electron chi connectivity index (χ3n) is 12.0. The minimum atomic E-state index is -4.45. The number of benzene rings is 10. The van der Waals surface area contributed by atoms with Crippen molar-refractivity contribution >= 4 is 60.4 Å². The van der Waals surface area contributed by atoms with Crippen LogP contribution in [0.5, 0.6) is 0 Å². The van der Waals surface area contributed by atoms with E-state index < -0.39 is 11.7 Å². The minimum absolute atomic E-state index is 0.434. The lowest BCUT2D eigenvalue weighted by Crippen LogP contribution is -2.12. The third-order valence-corrected chi connectivity index (χ3v) is 12.0. The number of anilines is 3. The summed E-state index contributed by atoms with van der Waals surface area (Å²) in [5, 5.41) is 7.19. The smallest absolute Gasteiger partial charge is 0.310 e. The number of nitrogens with zero attached hydrogens (tertiary/aromatic N) is 2. The van der Waals surface area contributed by atoms with E-state index in [1.807, 2.05) is 59.5 Å². The first-order valence-corrected chi connectivity index (χ1v) is 20.7. The molecule has 0 saturated carbocycles. The Bertz CT molecular complexity index is 3370. The van der Waals surface area contributed by atoms with Crippen molar-refractivity contribution in [1.82, 2.24) is 4.57 Å². The first-order valence-electron chi connectivity index (χ1n) is 20.7. The molecule has 0 spiro atoms. The normalized spacial score (nSPS) is 11.8. The molecule has 0 aliphatic rings. The zero-order valence-electron chi connectivity index (χ0n) is 33.4. The van der Waals surface area contributed by atoms with Gasteiger partial charge in [0, 0.05) is 33.5 Å². The van der Waals surface area contributed by atoms with Crippen molar-refractivity contribution in [2.45, 2.75) is 6.18 Å². The fourth-order valence-electron chi connectivity index (χ4n) is 9.21. The predicted molar refractivity (Wildman–Crippen MR) is 252 cm³/mol. The molecule has 11 aromatic rings. The lowest BCUT2D eigenvalue weighted by atomic mass is 9.86. The first kappa shape index (κ1) is 37.1. The Balaban J connectivity index is 0.980. The molecular formula is C57H37F3N2.